The van der Waals surface area contributed by atoms with Gasteiger partial charge in [0, 0.05) is 25.9 Å². The highest BCUT2D eigenvalue weighted by atomic mass is 16.2. The van der Waals surface area contributed by atoms with Crippen LogP contribution in [-0.2, 0) is 9.59 Å². The quantitative estimate of drug-likeness (QED) is 0.558. The molecular weight excluding hydrogens is 228 g/mol. The number of hydrogen-bond donors (Lipinski definition) is 2. The summed E-state index contributed by atoms with van der Waals surface area (Å²) in [7, 11) is 0. The predicted octanol–water partition coefficient (Wildman–Crippen LogP) is 2.38. The number of hydrogen-bond acceptors (Lipinski definition) is 2. The van der Waals surface area contributed by atoms with Crippen LogP contribution in [0, 0.1) is 0 Å². The van der Waals surface area contributed by atoms with Crippen molar-refractivity contribution in [2.45, 2.75) is 65.2 Å². The van der Waals surface area contributed by atoms with Crippen LogP contribution in [0.15, 0.2) is 0 Å². The average molecular weight is 256 g/mol. The number of nitrogens with one attached hydrogen (secondary N) is 2. The van der Waals surface area contributed by atoms with Gasteiger partial charge in [-0.15, -0.1) is 0 Å². The fourth-order valence-corrected chi connectivity index (χ4v) is 1.56. The normalized spacial score (nSPS) is 10.1. The number of carbonyl (C=O) groups is 2. The molecule has 0 rings (SSSR count). The predicted molar refractivity (Wildman–Crippen MR) is 74.3 cm³/mol. The Morgan fingerprint density at radius 1 is 0.722 bits per heavy atom. The molecule has 0 heterocycles. The van der Waals surface area contributed by atoms with Crippen LogP contribution in [0.1, 0.15) is 65.2 Å². The van der Waals surface area contributed by atoms with Gasteiger partial charge in [-0.05, 0) is 25.7 Å². The van der Waals surface area contributed by atoms with Crippen LogP contribution in [0.2, 0.25) is 0 Å². The SMILES string of the molecule is CCCCC(=O)NCCCCNC(=O)CCCC. The minimum atomic E-state index is 0.142. The van der Waals surface area contributed by atoms with Gasteiger partial charge >= 0.3 is 0 Å². The standard InChI is InChI=1S/C14H28N2O2/c1-3-5-9-13(17)15-11-7-8-12-16-14(18)10-6-4-2/h3-12H2,1-2H3,(H,15,17)(H,16,18). The molecule has 0 saturated heterocycles. The first kappa shape index (κ1) is 16.9. The van der Waals surface area contributed by atoms with E-state index in [9.17, 15) is 9.59 Å². The maximum atomic E-state index is 11.3. The van der Waals surface area contributed by atoms with Crippen molar-refractivity contribution in [2.24, 2.45) is 0 Å². The molecule has 0 saturated carbocycles. The van der Waals surface area contributed by atoms with E-state index in [1.165, 1.54) is 0 Å². The summed E-state index contributed by atoms with van der Waals surface area (Å²) in [5.74, 6) is 0.285. The molecule has 0 aliphatic rings. The smallest absolute Gasteiger partial charge is 0.219 e. The molecular formula is C14H28N2O2. The Morgan fingerprint density at radius 2 is 1.11 bits per heavy atom. The van der Waals surface area contributed by atoms with Gasteiger partial charge in [-0.2, -0.15) is 0 Å². The largest absolute Gasteiger partial charge is 0.356 e. The molecule has 2 amide bonds. The van der Waals surface area contributed by atoms with Crippen molar-refractivity contribution in [3.8, 4) is 0 Å². The molecule has 0 spiro atoms. The van der Waals surface area contributed by atoms with E-state index in [2.05, 4.69) is 24.5 Å². The molecule has 0 unspecified atom stereocenters. The Kier molecular flexibility index (Phi) is 11.7. The van der Waals surface area contributed by atoms with Gasteiger partial charge in [0.2, 0.25) is 11.8 Å². The molecule has 0 aromatic heterocycles. The van der Waals surface area contributed by atoms with Crippen LogP contribution in [-0.4, -0.2) is 24.9 Å². The Morgan fingerprint density at radius 3 is 1.44 bits per heavy atom. The third-order valence-electron chi connectivity index (χ3n) is 2.76. The van der Waals surface area contributed by atoms with Gasteiger partial charge in [-0.25, -0.2) is 0 Å². The maximum absolute atomic E-state index is 11.3. The van der Waals surface area contributed by atoms with E-state index >= 15 is 0 Å². The minimum Gasteiger partial charge on any atom is -0.356 e. The molecule has 0 radical (unpaired) electrons. The van der Waals surface area contributed by atoms with Gasteiger partial charge in [0.25, 0.3) is 0 Å². The van der Waals surface area contributed by atoms with Crippen LogP contribution in [0.25, 0.3) is 0 Å². The molecule has 18 heavy (non-hydrogen) atoms. The van der Waals surface area contributed by atoms with Crippen LogP contribution in [0.5, 0.6) is 0 Å². The van der Waals surface area contributed by atoms with E-state index in [0.717, 1.165) is 38.5 Å². The third kappa shape index (κ3) is 11.4. The van der Waals surface area contributed by atoms with E-state index in [1.807, 2.05) is 0 Å². The van der Waals surface area contributed by atoms with Crippen molar-refractivity contribution in [1.29, 1.82) is 0 Å². The molecule has 0 fully saturated rings. The Bertz CT molecular complexity index is 206. The van der Waals surface area contributed by atoms with Crippen LogP contribution in [0.4, 0.5) is 0 Å². The summed E-state index contributed by atoms with van der Waals surface area (Å²) in [4.78, 5) is 22.6. The molecule has 0 aliphatic heterocycles. The van der Waals surface area contributed by atoms with Crippen molar-refractivity contribution < 1.29 is 9.59 Å². The van der Waals surface area contributed by atoms with Crippen molar-refractivity contribution in [3.63, 3.8) is 0 Å². The molecule has 0 atom stereocenters. The lowest BCUT2D eigenvalue weighted by molar-refractivity contribution is -0.122. The van der Waals surface area contributed by atoms with E-state index in [0.29, 0.717) is 25.9 Å². The van der Waals surface area contributed by atoms with Gasteiger partial charge in [0.15, 0.2) is 0 Å². The number of amides is 2. The molecule has 0 aliphatic carbocycles. The fraction of sp³-hybridized carbons (Fsp3) is 0.857. The van der Waals surface area contributed by atoms with Crippen molar-refractivity contribution in [1.82, 2.24) is 10.6 Å². The second-order valence-corrected chi connectivity index (χ2v) is 4.61. The lowest BCUT2D eigenvalue weighted by Gasteiger charge is -2.06. The van der Waals surface area contributed by atoms with E-state index in [-0.39, 0.29) is 11.8 Å². The number of rotatable bonds is 11. The van der Waals surface area contributed by atoms with E-state index in [4.69, 9.17) is 0 Å². The summed E-state index contributed by atoms with van der Waals surface area (Å²) in [5, 5.41) is 5.78. The van der Waals surface area contributed by atoms with Gasteiger partial charge in [-0.1, -0.05) is 26.7 Å². The second kappa shape index (κ2) is 12.4. The Labute approximate surface area is 111 Å². The van der Waals surface area contributed by atoms with Gasteiger partial charge in [-0.3, -0.25) is 9.59 Å². The third-order valence-corrected chi connectivity index (χ3v) is 2.76. The zero-order chi connectivity index (χ0) is 13.6. The zero-order valence-electron chi connectivity index (χ0n) is 11.9. The summed E-state index contributed by atoms with van der Waals surface area (Å²) in [6, 6.07) is 0. The first-order valence-electron chi connectivity index (χ1n) is 7.24. The molecule has 106 valence electrons. The lowest BCUT2D eigenvalue weighted by atomic mass is 10.2. The van der Waals surface area contributed by atoms with Gasteiger partial charge < -0.3 is 10.6 Å². The van der Waals surface area contributed by atoms with Gasteiger partial charge in [0.05, 0.1) is 0 Å². The molecule has 4 heteroatoms. The Balaban J connectivity index is 3.25. The second-order valence-electron chi connectivity index (χ2n) is 4.61. The highest BCUT2D eigenvalue weighted by Crippen LogP contribution is 1.95. The summed E-state index contributed by atoms with van der Waals surface area (Å²) in [5.41, 5.74) is 0. The van der Waals surface area contributed by atoms with Crippen molar-refractivity contribution >= 4 is 11.8 Å². The molecule has 2 N–H and O–H groups in total. The van der Waals surface area contributed by atoms with Crippen LogP contribution < -0.4 is 10.6 Å². The van der Waals surface area contributed by atoms with Crippen molar-refractivity contribution in [2.75, 3.05) is 13.1 Å². The van der Waals surface area contributed by atoms with Crippen LogP contribution >= 0.6 is 0 Å². The summed E-state index contributed by atoms with van der Waals surface area (Å²) in [6.45, 7) is 5.59. The summed E-state index contributed by atoms with van der Waals surface area (Å²) >= 11 is 0. The Hall–Kier alpha value is -1.06. The first-order valence-corrected chi connectivity index (χ1v) is 7.24. The van der Waals surface area contributed by atoms with Crippen molar-refractivity contribution in [3.05, 3.63) is 0 Å². The van der Waals surface area contributed by atoms with E-state index in [1.54, 1.807) is 0 Å². The van der Waals surface area contributed by atoms with Gasteiger partial charge in [0.1, 0.15) is 0 Å². The summed E-state index contributed by atoms with van der Waals surface area (Å²) < 4.78 is 0. The molecule has 0 aromatic carbocycles. The summed E-state index contributed by atoms with van der Waals surface area (Å²) in [6.07, 6.45) is 7.12. The lowest BCUT2D eigenvalue weighted by Crippen LogP contribution is -2.27. The number of unbranched alkanes of at least 4 members (excludes halogenated alkanes) is 3. The molecule has 0 bridgehead atoms. The minimum absolute atomic E-state index is 0.142. The number of carbonyl (C=O) groups excluding carboxylic acids is 2. The highest BCUT2D eigenvalue weighted by Gasteiger charge is 2.00. The average Bonchev–Trinajstić information content (AvgIpc) is 2.37. The fourth-order valence-electron chi connectivity index (χ4n) is 1.56. The molecule has 0 aromatic rings. The van der Waals surface area contributed by atoms with E-state index < -0.39 is 0 Å². The highest BCUT2D eigenvalue weighted by molar-refractivity contribution is 5.76. The maximum Gasteiger partial charge on any atom is 0.219 e. The topological polar surface area (TPSA) is 58.2 Å². The zero-order valence-corrected chi connectivity index (χ0v) is 11.9. The first-order chi connectivity index (χ1) is 8.70. The van der Waals surface area contributed by atoms with Crippen LogP contribution in [0.3, 0.4) is 0 Å². The monoisotopic (exact) mass is 256 g/mol. The molecule has 4 nitrogen and oxygen atoms in total.